The second-order valence-electron chi connectivity index (χ2n) is 7.42. The number of benzene rings is 1. The van der Waals surface area contributed by atoms with Gasteiger partial charge in [0.25, 0.3) is 0 Å². The van der Waals surface area contributed by atoms with E-state index in [1.54, 1.807) is 35.1 Å². The van der Waals surface area contributed by atoms with Crippen LogP contribution in [0.2, 0.25) is 0 Å². The number of pyridine rings is 2. The van der Waals surface area contributed by atoms with Crippen molar-refractivity contribution in [3.8, 4) is 17.0 Å². The highest BCUT2D eigenvalue weighted by atomic mass is 19.1. The largest absolute Gasteiger partial charge is 0.480 e. The highest BCUT2D eigenvalue weighted by Gasteiger charge is 2.32. The van der Waals surface area contributed by atoms with E-state index in [1.807, 2.05) is 12.1 Å². The van der Waals surface area contributed by atoms with Crippen LogP contribution in [0.4, 0.5) is 20.8 Å². The SMILES string of the molecule is COc1ncc(-c2ccn3nc(N)nc3c2)cc1NC(=O)N1OCCC1c1cccc(F)c1. The second kappa shape index (κ2) is 8.36. The van der Waals surface area contributed by atoms with E-state index in [2.05, 4.69) is 20.4 Å². The van der Waals surface area contributed by atoms with E-state index in [4.69, 9.17) is 15.3 Å². The molecule has 1 saturated heterocycles. The summed E-state index contributed by atoms with van der Waals surface area (Å²) in [5.41, 5.74) is 8.77. The number of carbonyl (C=O) groups is 1. The summed E-state index contributed by atoms with van der Waals surface area (Å²) in [5.74, 6) is 0.0394. The van der Waals surface area contributed by atoms with Crippen molar-refractivity contribution < 1.29 is 18.8 Å². The molecule has 3 N–H and O–H groups in total. The molecule has 1 unspecified atom stereocenters. The van der Waals surface area contributed by atoms with Crippen molar-refractivity contribution in [2.75, 3.05) is 24.8 Å². The zero-order valence-corrected chi connectivity index (χ0v) is 17.6. The van der Waals surface area contributed by atoms with Crippen LogP contribution in [-0.2, 0) is 4.84 Å². The third-order valence-electron chi connectivity index (χ3n) is 5.31. The maximum atomic E-state index is 13.7. The fraction of sp³-hybridized carbons (Fsp3) is 0.182. The first-order valence-electron chi connectivity index (χ1n) is 10.2. The van der Waals surface area contributed by atoms with Crippen LogP contribution < -0.4 is 15.8 Å². The molecule has 1 aliphatic heterocycles. The van der Waals surface area contributed by atoms with Gasteiger partial charge in [-0.2, -0.15) is 10.0 Å². The quantitative estimate of drug-likeness (QED) is 0.490. The van der Waals surface area contributed by atoms with Gasteiger partial charge in [-0.1, -0.05) is 12.1 Å². The van der Waals surface area contributed by atoms with E-state index < -0.39 is 12.1 Å². The molecule has 33 heavy (non-hydrogen) atoms. The lowest BCUT2D eigenvalue weighted by Crippen LogP contribution is -2.33. The minimum atomic E-state index is -0.514. The molecule has 1 atom stereocenters. The van der Waals surface area contributed by atoms with Crippen molar-refractivity contribution in [3.63, 3.8) is 0 Å². The molecule has 2 amide bonds. The number of nitrogens with zero attached hydrogens (tertiary/aromatic N) is 5. The number of urea groups is 1. The summed E-state index contributed by atoms with van der Waals surface area (Å²) >= 11 is 0. The average Bonchev–Trinajstić information content (AvgIpc) is 3.44. The lowest BCUT2D eigenvalue weighted by atomic mass is 10.0. The number of nitrogen functional groups attached to an aromatic ring is 1. The van der Waals surface area contributed by atoms with Gasteiger partial charge >= 0.3 is 6.03 Å². The van der Waals surface area contributed by atoms with Crippen molar-refractivity contribution in [3.05, 3.63) is 66.2 Å². The van der Waals surface area contributed by atoms with Gasteiger partial charge in [-0.25, -0.2) is 18.7 Å². The number of aromatic nitrogens is 4. The lowest BCUT2D eigenvalue weighted by Gasteiger charge is -2.23. The summed E-state index contributed by atoms with van der Waals surface area (Å²) in [6.07, 6.45) is 3.91. The van der Waals surface area contributed by atoms with Gasteiger partial charge in [0.15, 0.2) is 5.65 Å². The molecule has 0 radical (unpaired) electrons. The third-order valence-corrected chi connectivity index (χ3v) is 5.31. The molecule has 0 saturated carbocycles. The van der Waals surface area contributed by atoms with Crippen molar-refractivity contribution in [1.82, 2.24) is 24.6 Å². The predicted molar refractivity (Wildman–Crippen MR) is 118 cm³/mol. The standard InChI is InChI=1S/C22H20FN7O3/c1-32-20-17(10-15(12-25-20)13-5-7-29-19(11-13)27-21(24)28-29)26-22(31)30-18(6-8-33-30)14-3-2-4-16(23)9-14/h2-5,7,9-12,18H,6,8H2,1H3,(H2,24,28)(H,26,31). The third kappa shape index (κ3) is 4.01. The van der Waals surface area contributed by atoms with Gasteiger partial charge < -0.3 is 15.8 Å². The van der Waals surface area contributed by atoms with Crippen LogP contribution in [0.3, 0.4) is 0 Å². The fourth-order valence-electron chi connectivity index (χ4n) is 3.80. The Labute approximate surface area is 187 Å². The van der Waals surface area contributed by atoms with Crippen LogP contribution in [-0.4, -0.2) is 44.4 Å². The van der Waals surface area contributed by atoms with E-state index >= 15 is 0 Å². The molecule has 1 aromatic carbocycles. The highest BCUT2D eigenvalue weighted by molar-refractivity contribution is 5.91. The maximum absolute atomic E-state index is 13.7. The molecule has 11 heteroatoms. The van der Waals surface area contributed by atoms with Gasteiger partial charge in [0.05, 0.1) is 19.8 Å². The van der Waals surface area contributed by atoms with Gasteiger partial charge in [-0.3, -0.25) is 4.84 Å². The summed E-state index contributed by atoms with van der Waals surface area (Å²) in [6.45, 7) is 0.339. The van der Waals surface area contributed by atoms with Gasteiger partial charge in [-0.15, -0.1) is 5.10 Å². The number of rotatable bonds is 4. The van der Waals surface area contributed by atoms with E-state index in [0.29, 0.717) is 29.9 Å². The van der Waals surface area contributed by atoms with Crippen molar-refractivity contribution in [2.24, 2.45) is 0 Å². The van der Waals surface area contributed by atoms with Crippen molar-refractivity contribution in [2.45, 2.75) is 12.5 Å². The molecular weight excluding hydrogens is 429 g/mol. The maximum Gasteiger partial charge on any atom is 0.346 e. The molecule has 3 aromatic heterocycles. The molecule has 10 nitrogen and oxygen atoms in total. The van der Waals surface area contributed by atoms with E-state index in [-0.39, 0.29) is 17.6 Å². The fourth-order valence-corrected chi connectivity index (χ4v) is 3.80. The first-order valence-corrected chi connectivity index (χ1v) is 10.2. The molecular formula is C22H20FN7O3. The zero-order valence-electron chi connectivity index (χ0n) is 17.6. The minimum Gasteiger partial charge on any atom is -0.480 e. The van der Waals surface area contributed by atoms with Crippen LogP contribution in [0.15, 0.2) is 54.9 Å². The Morgan fingerprint density at radius 3 is 2.97 bits per heavy atom. The number of hydroxylamine groups is 2. The van der Waals surface area contributed by atoms with Gasteiger partial charge in [0.1, 0.15) is 11.5 Å². The highest BCUT2D eigenvalue weighted by Crippen LogP contribution is 2.33. The normalized spacial score (nSPS) is 15.7. The van der Waals surface area contributed by atoms with E-state index in [1.165, 1.54) is 24.3 Å². The van der Waals surface area contributed by atoms with Gasteiger partial charge in [-0.05, 0) is 41.5 Å². The number of ether oxygens (including phenoxy) is 1. The number of hydrogen-bond donors (Lipinski definition) is 2. The molecule has 168 valence electrons. The summed E-state index contributed by atoms with van der Waals surface area (Å²) in [5, 5.41) is 8.07. The number of methoxy groups -OCH3 is 1. The van der Waals surface area contributed by atoms with Gasteiger partial charge in [0.2, 0.25) is 11.8 Å². The van der Waals surface area contributed by atoms with Crippen LogP contribution in [0, 0.1) is 5.82 Å². The number of nitrogens with one attached hydrogen (secondary N) is 1. The van der Waals surface area contributed by atoms with E-state index in [0.717, 1.165) is 11.1 Å². The van der Waals surface area contributed by atoms with Crippen molar-refractivity contribution in [1.29, 1.82) is 0 Å². The molecule has 4 heterocycles. The minimum absolute atomic E-state index is 0.173. The first-order chi connectivity index (χ1) is 16.0. The molecule has 4 aromatic rings. The Balaban J connectivity index is 1.42. The molecule has 0 aliphatic carbocycles. The van der Waals surface area contributed by atoms with Crippen molar-refractivity contribution >= 4 is 23.3 Å². The van der Waals surface area contributed by atoms with E-state index in [9.17, 15) is 9.18 Å². The number of nitrogens with two attached hydrogens (primary N) is 1. The predicted octanol–water partition coefficient (Wildman–Crippen LogP) is 3.43. The molecule has 1 fully saturated rings. The Morgan fingerprint density at radius 2 is 2.15 bits per heavy atom. The Bertz CT molecular complexity index is 1340. The molecule has 0 bridgehead atoms. The summed E-state index contributed by atoms with van der Waals surface area (Å²) in [7, 11) is 1.46. The zero-order chi connectivity index (χ0) is 22.9. The number of fused-ring (bicyclic) bond motifs is 1. The first kappa shape index (κ1) is 20.6. The lowest BCUT2D eigenvalue weighted by molar-refractivity contribution is -0.0830. The molecule has 0 spiro atoms. The van der Waals surface area contributed by atoms with Crippen LogP contribution >= 0.6 is 0 Å². The smallest absolute Gasteiger partial charge is 0.346 e. The summed E-state index contributed by atoms with van der Waals surface area (Å²) < 4.78 is 20.6. The average molecular weight is 449 g/mol. The monoisotopic (exact) mass is 449 g/mol. The van der Waals surface area contributed by atoms with Crippen LogP contribution in [0.5, 0.6) is 5.88 Å². The van der Waals surface area contributed by atoms with Gasteiger partial charge in [0, 0.05) is 24.4 Å². The number of anilines is 2. The number of amides is 2. The number of carbonyl (C=O) groups excluding carboxylic acids is 1. The Morgan fingerprint density at radius 1 is 1.27 bits per heavy atom. The summed E-state index contributed by atoms with van der Waals surface area (Å²) in [6, 6.07) is 10.6. The van der Waals surface area contributed by atoms with Crippen LogP contribution in [0.1, 0.15) is 18.0 Å². The Hall–Kier alpha value is -4.25. The number of halogens is 1. The Kier molecular flexibility index (Phi) is 5.23. The molecule has 1 aliphatic rings. The second-order valence-corrected chi connectivity index (χ2v) is 7.42. The molecule has 5 rings (SSSR count). The van der Waals surface area contributed by atoms with Crippen LogP contribution in [0.25, 0.3) is 16.8 Å². The number of hydrogen-bond acceptors (Lipinski definition) is 7. The summed E-state index contributed by atoms with van der Waals surface area (Å²) in [4.78, 5) is 27.1. The topological polar surface area (TPSA) is 120 Å².